The van der Waals surface area contributed by atoms with Crippen LogP contribution in [0.5, 0.6) is 0 Å². The molecule has 0 bridgehead atoms. The highest BCUT2D eigenvalue weighted by Crippen LogP contribution is 2.17. The van der Waals surface area contributed by atoms with Crippen molar-refractivity contribution in [3.63, 3.8) is 0 Å². The lowest BCUT2D eigenvalue weighted by molar-refractivity contribution is 0.0700. The van der Waals surface area contributed by atoms with E-state index >= 15 is 0 Å². The van der Waals surface area contributed by atoms with Crippen molar-refractivity contribution in [3.8, 4) is 0 Å². The van der Waals surface area contributed by atoms with Crippen LogP contribution in [0.25, 0.3) is 0 Å². The topological polar surface area (TPSA) is 70.5 Å². The maximum absolute atomic E-state index is 12.5. The van der Waals surface area contributed by atoms with Crippen LogP contribution in [0.2, 0.25) is 0 Å². The van der Waals surface area contributed by atoms with Crippen LogP contribution < -0.4 is 5.32 Å². The molecule has 2 aromatic rings. The monoisotopic (exact) mass is 361 g/mol. The number of piperidine rings is 1. The van der Waals surface area contributed by atoms with E-state index in [0.29, 0.717) is 19.6 Å². The first-order valence-electron chi connectivity index (χ1n) is 8.43. The fourth-order valence-electron chi connectivity index (χ4n) is 2.91. The molecular formula is C17H23N5O2S. The lowest BCUT2D eigenvalue weighted by Gasteiger charge is -2.33. The molecule has 1 aliphatic rings. The first-order valence-corrected chi connectivity index (χ1v) is 9.31. The summed E-state index contributed by atoms with van der Waals surface area (Å²) in [6.07, 6.45) is 7.14. The fourth-order valence-corrected chi connectivity index (χ4v) is 3.60. The molecule has 25 heavy (non-hydrogen) atoms. The molecule has 3 heterocycles. The van der Waals surface area contributed by atoms with Crippen LogP contribution in [-0.4, -0.2) is 64.0 Å². The number of likely N-dealkylation sites (N-methyl/N-ethyl adjacent to an activating group) is 1. The lowest BCUT2D eigenvalue weighted by atomic mass is 10.1. The molecule has 1 aliphatic heterocycles. The minimum absolute atomic E-state index is 0.000794. The third-order valence-electron chi connectivity index (χ3n) is 4.37. The summed E-state index contributed by atoms with van der Waals surface area (Å²) in [6.45, 7) is 2.63. The lowest BCUT2D eigenvalue weighted by Crippen LogP contribution is -2.52. The molecule has 0 saturated carbocycles. The molecule has 8 heteroatoms. The smallest absolute Gasteiger partial charge is 0.317 e. The number of nitrogens with zero attached hydrogens (tertiary/aromatic N) is 4. The van der Waals surface area contributed by atoms with Crippen LogP contribution in [0.15, 0.2) is 36.2 Å². The average Bonchev–Trinajstić information content (AvgIpc) is 3.32. The predicted molar refractivity (Wildman–Crippen MR) is 96.6 cm³/mol. The first-order chi connectivity index (χ1) is 12.1. The summed E-state index contributed by atoms with van der Waals surface area (Å²) in [7, 11) is 1.78. The third kappa shape index (κ3) is 4.60. The quantitative estimate of drug-likeness (QED) is 0.884. The van der Waals surface area contributed by atoms with E-state index in [9.17, 15) is 9.59 Å². The maximum Gasteiger partial charge on any atom is 0.317 e. The summed E-state index contributed by atoms with van der Waals surface area (Å²) in [4.78, 5) is 33.1. The van der Waals surface area contributed by atoms with Crippen molar-refractivity contribution in [3.05, 3.63) is 41.1 Å². The van der Waals surface area contributed by atoms with Gasteiger partial charge in [0, 0.05) is 51.7 Å². The maximum atomic E-state index is 12.5. The largest absolute Gasteiger partial charge is 0.336 e. The van der Waals surface area contributed by atoms with Crippen molar-refractivity contribution >= 4 is 23.3 Å². The van der Waals surface area contributed by atoms with Gasteiger partial charge in [-0.05, 0) is 24.3 Å². The Morgan fingerprint density at radius 2 is 2.36 bits per heavy atom. The molecule has 3 rings (SSSR count). The number of carbonyl (C=O) groups excluding carboxylic acids is 2. The summed E-state index contributed by atoms with van der Waals surface area (Å²) in [5.41, 5.74) is 0. The molecule has 0 unspecified atom stereocenters. The number of hydrogen-bond donors (Lipinski definition) is 1. The van der Waals surface area contributed by atoms with Gasteiger partial charge in [-0.1, -0.05) is 6.07 Å². The molecule has 0 aliphatic carbocycles. The average molecular weight is 361 g/mol. The summed E-state index contributed by atoms with van der Waals surface area (Å²) >= 11 is 1.46. The van der Waals surface area contributed by atoms with Crippen LogP contribution >= 0.6 is 11.3 Å². The number of rotatable bonds is 5. The standard InChI is InChI=1S/C17H23N5O2S/c1-20(9-10-21-8-6-18-13-21)17(24)19-14-4-2-7-22(12-14)16(23)15-5-3-11-25-15/h3,5-6,8,11,13-14H,2,4,7,9-10,12H2,1H3,(H,19,24)/t14-/m1/s1. The Bertz CT molecular complexity index is 686. The summed E-state index contributed by atoms with van der Waals surface area (Å²) in [5.74, 6) is 0.0578. The summed E-state index contributed by atoms with van der Waals surface area (Å²) in [5, 5.41) is 4.96. The van der Waals surface area contributed by atoms with Gasteiger partial charge in [0.2, 0.25) is 0 Å². The van der Waals surface area contributed by atoms with Gasteiger partial charge in [0.1, 0.15) is 0 Å². The second-order valence-electron chi connectivity index (χ2n) is 6.24. The zero-order valence-electron chi connectivity index (χ0n) is 14.3. The molecule has 0 radical (unpaired) electrons. The SMILES string of the molecule is CN(CCn1ccnc1)C(=O)N[C@@H]1CCCN(C(=O)c2cccs2)C1. The second kappa shape index (κ2) is 8.15. The molecule has 1 fully saturated rings. The predicted octanol–water partition coefficient (Wildman–Crippen LogP) is 1.89. The minimum Gasteiger partial charge on any atom is -0.336 e. The number of hydrogen-bond acceptors (Lipinski definition) is 4. The highest BCUT2D eigenvalue weighted by molar-refractivity contribution is 7.12. The number of likely N-dealkylation sites (tertiary alicyclic amines) is 1. The third-order valence-corrected chi connectivity index (χ3v) is 5.23. The Labute approximate surface area is 151 Å². The van der Waals surface area contributed by atoms with Gasteiger partial charge in [-0.3, -0.25) is 4.79 Å². The number of aromatic nitrogens is 2. The highest BCUT2D eigenvalue weighted by Gasteiger charge is 2.26. The Kier molecular flexibility index (Phi) is 5.70. The van der Waals surface area contributed by atoms with Gasteiger partial charge in [-0.25, -0.2) is 9.78 Å². The van der Waals surface area contributed by atoms with Crippen LogP contribution in [0.1, 0.15) is 22.5 Å². The van der Waals surface area contributed by atoms with E-state index in [-0.39, 0.29) is 18.0 Å². The molecule has 0 spiro atoms. The van der Waals surface area contributed by atoms with Gasteiger partial charge in [0.25, 0.3) is 5.91 Å². The normalized spacial score (nSPS) is 17.3. The molecule has 1 atom stereocenters. The first kappa shape index (κ1) is 17.5. The van der Waals surface area contributed by atoms with Gasteiger partial charge in [-0.2, -0.15) is 0 Å². The molecule has 134 valence electrons. The van der Waals surface area contributed by atoms with Crippen LogP contribution in [0.3, 0.4) is 0 Å². The number of imidazole rings is 1. The Morgan fingerprint density at radius 1 is 1.48 bits per heavy atom. The van der Waals surface area contributed by atoms with Crippen LogP contribution in [0.4, 0.5) is 4.79 Å². The zero-order chi connectivity index (χ0) is 17.6. The Hall–Kier alpha value is -2.35. The van der Waals surface area contributed by atoms with Crippen LogP contribution in [0, 0.1) is 0 Å². The van der Waals surface area contributed by atoms with E-state index in [4.69, 9.17) is 0 Å². The van der Waals surface area contributed by atoms with E-state index in [1.165, 1.54) is 11.3 Å². The number of carbonyl (C=O) groups is 2. The van der Waals surface area contributed by atoms with E-state index < -0.39 is 0 Å². The van der Waals surface area contributed by atoms with E-state index in [1.54, 1.807) is 24.5 Å². The number of amides is 3. The zero-order valence-corrected chi connectivity index (χ0v) is 15.1. The summed E-state index contributed by atoms with van der Waals surface area (Å²) < 4.78 is 1.94. The van der Waals surface area contributed by atoms with E-state index in [2.05, 4.69) is 10.3 Å². The molecular weight excluding hydrogens is 338 g/mol. The number of urea groups is 1. The molecule has 1 N–H and O–H groups in total. The Balaban J connectivity index is 1.48. The van der Waals surface area contributed by atoms with Crippen molar-refractivity contribution in [2.45, 2.75) is 25.4 Å². The molecule has 3 amide bonds. The van der Waals surface area contributed by atoms with Crippen molar-refractivity contribution in [1.82, 2.24) is 24.7 Å². The second-order valence-corrected chi connectivity index (χ2v) is 7.19. The van der Waals surface area contributed by atoms with Crippen molar-refractivity contribution in [1.29, 1.82) is 0 Å². The van der Waals surface area contributed by atoms with Crippen LogP contribution in [-0.2, 0) is 6.54 Å². The number of nitrogens with one attached hydrogen (secondary N) is 1. The van der Waals surface area contributed by atoms with Gasteiger partial charge < -0.3 is 19.7 Å². The molecule has 0 aromatic carbocycles. The molecule has 7 nitrogen and oxygen atoms in total. The molecule has 1 saturated heterocycles. The van der Waals surface area contributed by atoms with Gasteiger partial charge in [-0.15, -0.1) is 11.3 Å². The Morgan fingerprint density at radius 3 is 3.08 bits per heavy atom. The van der Waals surface area contributed by atoms with Gasteiger partial charge in [0.15, 0.2) is 0 Å². The highest BCUT2D eigenvalue weighted by atomic mass is 32.1. The van der Waals surface area contributed by atoms with Crippen molar-refractivity contribution in [2.24, 2.45) is 0 Å². The summed E-state index contributed by atoms with van der Waals surface area (Å²) in [6, 6.07) is 3.63. The van der Waals surface area contributed by atoms with E-state index in [0.717, 1.165) is 24.3 Å². The fraction of sp³-hybridized carbons (Fsp3) is 0.471. The van der Waals surface area contributed by atoms with Gasteiger partial charge in [0.05, 0.1) is 11.2 Å². The number of thiophene rings is 1. The van der Waals surface area contributed by atoms with E-state index in [1.807, 2.05) is 33.2 Å². The van der Waals surface area contributed by atoms with Gasteiger partial charge >= 0.3 is 6.03 Å². The van der Waals surface area contributed by atoms with Crippen molar-refractivity contribution in [2.75, 3.05) is 26.7 Å². The van der Waals surface area contributed by atoms with Crippen molar-refractivity contribution < 1.29 is 9.59 Å². The minimum atomic E-state index is -0.101. The molecule has 2 aromatic heterocycles.